The van der Waals surface area contributed by atoms with Crippen LogP contribution in [-0.4, -0.2) is 46.9 Å². The van der Waals surface area contributed by atoms with E-state index in [9.17, 15) is 36.5 Å². The van der Waals surface area contributed by atoms with Gasteiger partial charge >= 0.3 is 12.4 Å². The van der Waals surface area contributed by atoms with Crippen molar-refractivity contribution in [3.63, 3.8) is 0 Å². The van der Waals surface area contributed by atoms with Gasteiger partial charge in [-0.05, 0) is 19.9 Å². The van der Waals surface area contributed by atoms with E-state index in [4.69, 9.17) is 11.6 Å². The first kappa shape index (κ1) is 23.3. The molecule has 5 nitrogen and oxygen atoms in total. The molecule has 0 N–H and O–H groups in total. The Bertz CT molecular complexity index is 720. The van der Waals surface area contributed by atoms with Crippen LogP contribution in [0, 0.1) is 10.1 Å². The zero-order chi connectivity index (χ0) is 21.0. The van der Waals surface area contributed by atoms with E-state index in [2.05, 4.69) is 4.99 Å². The van der Waals surface area contributed by atoms with E-state index in [0.29, 0.717) is 6.07 Å². The fraction of sp³-hybridized carbons (Fsp3) is 0.500. The Morgan fingerprint density at radius 3 is 2.19 bits per heavy atom. The molecule has 0 aliphatic heterocycles. The minimum absolute atomic E-state index is 0.0326. The van der Waals surface area contributed by atoms with Gasteiger partial charge in [0.25, 0.3) is 5.69 Å². The lowest BCUT2D eigenvalue weighted by Crippen LogP contribution is -2.41. The van der Waals surface area contributed by atoms with Gasteiger partial charge in [-0.3, -0.25) is 10.1 Å². The highest BCUT2D eigenvalue weighted by Gasteiger charge is 2.39. The van der Waals surface area contributed by atoms with E-state index in [-0.39, 0.29) is 24.9 Å². The van der Waals surface area contributed by atoms with Gasteiger partial charge in [0.1, 0.15) is 0 Å². The first-order valence-corrected chi connectivity index (χ1v) is 8.74. The summed E-state index contributed by atoms with van der Waals surface area (Å²) in [5, 5.41) is 10.5. The third-order valence-corrected chi connectivity index (χ3v) is 4.57. The van der Waals surface area contributed by atoms with E-state index < -0.39 is 50.2 Å². The maximum absolute atomic E-state index is 13.3. The lowest BCUT2D eigenvalue weighted by molar-refractivity contribution is -0.387. The van der Waals surface area contributed by atoms with Gasteiger partial charge in [-0.25, -0.2) is 4.99 Å². The van der Waals surface area contributed by atoms with E-state index in [0.717, 1.165) is 11.0 Å². The summed E-state index contributed by atoms with van der Waals surface area (Å²) < 4.78 is 77.1. The molecule has 0 radical (unpaired) electrons. The first-order valence-electron chi connectivity index (χ1n) is 7.38. The standard InChI is InChI=1S/C14H14ClF6N3O2S/c1-3-23(4-2)12(14(19,20)21)22-9-6-11(27-7-13(16,17)18)10(24(25)26)5-8(9)15/h5-6H,3-4,7H2,1-2H3. The number of nitro groups is 1. The second-order valence-corrected chi connectivity index (χ2v) is 6.46. The Hall–Kier alpha value is -1.69. The molecular formula is C14H14ClF6N3O2S. The van der Waals surface area contributed by atoms with Gasteiger partial charge < -0.3 is 4.90 Å². The molecule has 27 heavy (non-hydrogen) atoms. The molecule has 0 amide bonds. The Morgan fingerprint density at radius 2 is 1.78 bits per heavy atom. The molecule has 0 heterocycles. The van der Waals surface area contributed by atoms with Crippen molar-refractivity contribution < 1.29 is 31.3 Å². The highest BCUT2D eigenvalue weighted by Crippen LogP contribution is 2.40. The summed E-state index contributed by atoms with van der Waals surface area (Å²) in [6, 6.07) is 1.45. The highest BCUT2D eigenvalue weighted by molar-refractivity contribution is 7.99. The number of rotatable bonds is 6. The van der Waals surface area contributed by atoms with Gasteiger partial charge in [-0.1, -0.05) is 11.6 Å². The van der Waals surface area contributed by atoms with Gasteiger partial charge in [-0.15, -0.1) is 11.8 Å². The molecule has 13 heteroatoms. The highest BCUT2D eigenvalue weighted by atomic mass is 35.5. The largest absolute Gasteiger partial charge is 0.449 e. The smallest absolute Gasteiger partial charge is 0.353 e. The Balaban J connectivity index is 3.51. The average Bonchev–Trinajstić information content (AvgIpc) is 2.52. The summed E-state index contributed by atoms with van der Waals surface area (Å²) in [5.41, 5.74) is -1.25. The van der Waals surface area contributed by atoms with Crippen LogP contribution in [0.3, 0.4) is 0 Å². The molecule has 0 unspecified atom stereocenters. The molecule has 1 aromatic carbocycles. The molecule has 0 bridgehead atoms. The van der Waals surface area contributed by atoms with Gasteiger partial charge in [0, 0.05) is 19.2 Å². The topological polar surface area (TPSA) is 58.7 Å². The van der Waals surface area contributed by atoms with Crippen LogP contribution in [-0.2, 0) is 0 Å². The number of alkyl halides is 6. The zero-order valence-electron chi connectivity index (χ0n) is 14.0. The minimum atomic E-state index is -4.85. The van der Waals surface area contributed by atoms with Crippen molar-refractivity contribution in [2.24, 2.45) is 4.99 Å². The van der Waals surface area contributed by atoms with Crippen molar-refractivity contribution in [2.75, 3.05) is 18.8 Å². The van der Waals surface area contributed by atoms with Crippen LogP contribution in [0.1, 0.15) is 13.8 Å². The van der Waals surface area contributed by atoms with Crippen molar-refractivity contribution in [3.05, 3.63) is 27.3 Å². The van der Waals surface area contributed by atoms with Crippen LogP contribution < -0.4 is 0 Å². The van der Waals surface area contributed by atoms with Gasteiger partial charge in [-0.2, -0.15) is 26.3 Å². The first-order chi connectivity index (χ1) is 12.3. The molecule has 0 spiro atoms. The average molecular weight is 438 g/mol. The fourth-order valence-electron chi connectivity index (χ4n) is 1.99. The van der Waals surface area contributed by atoms with Crippen molar-refractivity contribution in [1.29, 1.82) is 0 Å². The van der Waals surface area contributed by atoms with Crippen LogP contribution >= 0.6 is 23.4 Å². The number of nitrogens with zero attached hydrogens (tertiary/aromatic N) is 3. The number of aliphatic imine (C=N–C) groups is 1. The second-order valence-electron chi connectivity index (χ2n) is 5.04. The predicted octanol–water partition coefficient (Wildman–Crippen LogP) is 5.84. The SMILES string of the molecule is CCN(CC)C(=Nc1cc(SCC(F)(F)F)c([N+](=O)[O-])cc1Cl)C(F)(F)F. The summed E-state index contributed by atoms with van der Waals surface area (Å²) in [5.74, 6) is -2.75. The quantitative estimate of drug-likeness (QED) is 0.140. The molecule has 0 saturated heterocycles. The summed E-state index contributed by atoms with van der Waals surface area (Å²) in [6.45, 7) is 2.86. The third kappa shape index (κ3) is 6.76. The van der Waals surface area contributed by atoms with Crippen molar-refractivity contribution in [1.82, 2.24) is 4.90 Å². The van der Waals surface area contributed by atoms with Crippen molar-refractivity contribution in [3.8, 4) is 0 Å². The third-order valence-electron chi connectivity index (χ3n) is 3.16. The minimum Gasteiger partial charge on any atom is -0.353 e. The number of benzene rings is 1. The van der Waals surface area contributed by atoms with Crippen LogP contribution in [0.15, 0.2) is 22.0 Å². The molecule has 0 saturated carbocycles. The number of thioether (sulfide) groups is 1. The van der Waals surface area contributed by atoms with Crippen molar-refractivity contribution in [2.45, 2.75) is 31.1 Å². The molecule has 0 aromatic heterocycles. The molecule has 0 fully saturated rings. The maximum atomic E-state index is 13.3. The fourth-order valence-corrected chi connectivity index (χ4v) is 2.98. The van der Waals surface area contributed by atoms with Crippen molar-refractivity contribution >= 4 is 40.6 Å². The summed E-state index contributed by atoms with van der Waals surface area (Å²) in [6.07, 6.45) is -9.48. The number of nitro benzene ring substituents is 1. The molecule has 0 aliphatic carbocycles. The van der Waals surface area contributed by atoms with E-state index in [1.54, 1.807) is 0 Å². The molecule has 152 valence electrons. The summed E-state index contributed by atoms with van der Waals surface area (Å²) in [7, 11) is 0. The molecule has 1 rings (SSSR count). The Labute approximate surface area is 159 Å². The number of hydrogen-bond donors (Lipinski definition) is 0. The molecule has 1 aromatic rings. The zero-order valence-corrected chi connectivity index (χ0v) is 15.6. The summed E-state index contributed by atoms with van der Waals surface area (Å²) in [4.78, 5) is 13.9. The normalized spacial score (nSPS) is 13.0. The second kappa shape index (κ2) is 9.00. The lowest BCUT2D eigenvalue weighted by Gasteiger charge is -2.24. The molecule has 0 atom stereocenters. The molecular weight excluding hydrogens is 424 g/mol. The number of hydrogen-bond acceptors (Lipinski definition) is 4. The van der Waals surface area contributed by atoms with Crippen LogP contribution in [0.4, 0.5) is 37.7 Å². The van der Waals surface area contributed by atoms with Crippen LogP contribution in [0.2, 0.25) is 5.02 Å². The van der Waals surface area contributed by atoms with Gasteiger partial charge in [0.05, 0.1) is 26.3 Å². The van der Waals surface area contributed by atoms with Crippen LogP contribution in [0.25, 0.3) is 0 Å². The van der Waals surface area contributed by atoms with Crippen LogP contribution in [0.5, 0.6) is 0 Å². The molecule has 0 aliphatic rings. The van der Waals surface area contributed by atoms with E-state index in [1.165, 1.54) is 13.8 Å². The Morgan fingerprint density at radius 1 is 1.22 bits per heavy atom. The maximum Gasteiger partial charge on any atom is 0.449 e. The number of amidine groups is 1. The Kier molecular flexibility index (Phi) is 7.78. The van der Waals surface area contributed by atoms with Gasteiger partial charge in [0.2, 0.25) is 5.84 Å². The lowest BCUT2D eigenvalue weighted by atomic mass is 10.3. The van der Waals surface area contributed by atoms with Gasteiger partial charge in [0.15, 0.2) is 0 Å². The van der Waals surface area contributed by atoms with E-state index >= 15 is 0 Å². The summed E-state index contributed by atoms with van der Waals surface area (Å²) >= 11 is 5.86. The predicted molar refractivity (Wildman–Crippen MR) is 91.0 cm³/mol. The number of halogens is 7. The monoisotopic (exact) mass is 437 g/mol. The van der Waals surface area contributed by atoms with E-state index in [1.807, 2.05) is 0 Å².